The largest absolute Gasteiger partial charge is 0.294 e. The predicted octanol–water partition coefficient (Wildman–Crippen LogP) is 6.93. The lowest BCUT2D eigenvalue weighted by Gasteiger charge is -2.27. The Bertz CT molecular complexity index is 774. The molecule has 1 aliphatic carbocycles. The molecule has 0 radical (unpaired) electrons. The van der Waals surface area contributed by atoms with E-state index < -0.39 is 11.6 Å². The Kier molecular flexibility index (Phi) is 7.36. The zero-order valence-electron chi connectivity index (χ0n) is 16.7. The summed E-state index contributed by atoms with van der Waals surface area (Å²) < 4.78 is 26.3. The molecule has 3 heteroatoms. The molecule has 0 heterocycles. The van der Waals surface area contributed by atoms with E-state index in [1.807, 2.05) is 24.3 Å². The van der Waals surface area contributed by atoms with Crippen molar-refractivity contribution in [2.75, 3.05) is 0 Å². The number of hydrogen-bond donors (Lipinski definition) is 0. The van der Waals surface area contributed by atoms with E-state index in [1.165, 1.54) is 50.7 Å². The van der Waals surface area contributed by atoms with Crippen LogP contribution in [0.1, 0.15) is 73.4 Å². The molecule has 2 aromatic rings. The smallest absolute Gasteiger partial charge is 0.163 e. The van der Waals surface area contributed by atoms with Crippen LogP contribution in [0.4, 0.5) is 8.78 Å². The number of ketones is 1. The zero-order chi connectivity index (χ0) is 19.9. The molecular formula is C25H30F2O. The highest BCUT2D eigenvalue weighted by atomic mass is 19.2. The van der Waals surface area contributed by atoms with E-state index in [4.69, 9.17) is 0 Å². The first-order valence-corrected chi connectivity index (χ1v) is 10.6. The van der Waals surface area contributed by atoms with Gasteiger partial charge in [0.1, 0.15) is 0 Å². The van der Waals surface area contributed by atoms with Gasteiger partial charge in [0.25, 0.3) is 0 Å². The monoisotopic (exact) mass is 384 g/mol. The number of rotatable bonds is 8. The van der Waals surface area contributed by atoms with Gasteiger partial charge in [0, 0.05) is 12.0 Å². The number of aryl methyl sites for hydroxylation is 2. The van der Waals surface area contributed by atoms with E-state index in [0.717, 1.165) is 29.0 Å². The van der Waals surface area contributed by atoms with Crippen LogP contribution in [0.2, 0.25) is 0 Å². The van der Waals surface area contributed by atoms with E-state index in [-0.39, 0.29) is 5.78 Å². The molecular weight excluding hydrogens is 354 g/mol. The number of benzene rings is 2. The van der Waals surface area contributed by atoms with E-state index in [2.05, 4.69) is 6.92 Å². The normalized spacial score (nSPS) is 19.5. The third kappa shape index (κ3) is 5.73. The first-order chi connectivity index (χ1) is 13.5. The highest BCUT2D eigenvalue weighted by Gasteiger charge is 2.23. The molecule has 28 heavy (non-hydrogen) atoms. The van der Waals surface area contributed by atoms with Gasteiger partial charge in [-0.25, -0.2) is 8.78 Å². The number of halogens is 2. The SMILES string of the molecule is CCCC1CCC(CC(=O)c2ccc(CCc3ccc(F)c(F)c3)cc2)CC1. The lowest BCUT2D eigenvalue weighted by Crippen LogP contribution is -2.17. The van der Waals surface area contributed by atoms with Gasteiger partial charge < -0.3 is 0 Å². The van der Waals surface area contributed by atoms with Crippen molar-refractivity contribution in [3.05, 3.63) is 70.8 Å². The molecule has 1 fully saturated rings. The molecule has 0 aliphatic heterocycles. The minimum Gasteiger partial charge on any atom is -0.294 e. The Balaban J connectivity index is 1.48. The minimum atomic E-state index is -0.814. The summed E-state index contributed by atoms with van der Waals surface area (Å²) in [5.74, 6) is 0.0256. The summed E-state index contributed by atoms with van der Waals surface area (Å²) in [4.78, 5) is 12.6. The molecule has 1 nitrogen and oxygen atoms in total. The van der Waals surface area contributed by atoms with Crippen molar-refractivity contribution in [1.29, 1.82) is 0 Å². The predicted molar refractivity (Wildman–Crippen MR) is 110 cm³/mol. The van der Waals surface area contributed by atoms with Crippen LogP contribution in [-0.4, -0.2) is 5.78 Å². The lowest BCUT2D eigenvalue weighted by atomic mass is 9.78. The van der Waals surface area contributed by atoms with Gasteiger partial charge in [0.2, 0.25) is 0 Å². The molecule has 0 amide bonds. The summed E-state index contributed by atoms with van der Waals surface area (Å²) in [7, 11) is 0. The average molecular weight is 385 g/mol. The van der Waals surface area contributed by atoms with E-state index >= 15 is 0 Å². The Morgan fingerprint density at radius 1 is 0.857 bits per heavy atom. The standard InChI is InChI=1S/C25H30F2O/c1-2-3-18-4-8-21(9-5-18)17-25(28)22-13-10-19(11-14-22)6-7-20-12-15-23(26)24(27)16-20/h10-16,18,21H,2-9,17H2,1H3. The molecule has 1 saturated carbocycles. The summed E-state index contributed by atoms with van der Waals surface area (Å²) >= 11 is 0. The third-order valence-electron chi connectivity index (χ3n) is 6.10. The van der Waals surface area contributed by atoms with Crippen molar-refractivity contribution in [3.63, 3.8) is 0 Å². The van der Waals surface area contributed by atoms with E-state index in [0.29, 0.717) is 18.8 Å². The van der Waals surface area contributed by atoms with Gasteiger partial charge in [0.15, 0.2) is 17.4 Å². The molecule has 0 bridgehead atoms. The molecule has 0 aromatic heterocycles. The molecule has 0 atom stereocenters. The fourth-order valence-electron chi connectivity index (χ4n) is 4.35. The van der Waals surface area contributed by atoms with Crippen molar-refractivity contribution >= 4 is 5.78 Å². The highest BCUT2D eigenvalue weighted by Crippen LogP contribution is 2.33. The maximum atomic E-state index is 13.3. The van der Waals surface area contributed by atoms with Crippen LogP contribution in [0.3, 0.4) is 0 Å². The van der Waals surface area contributed by atoms with Crippen molar-refractivity contribution in [3.8, 4) is 0 Å². The second-order valence-electron chi connectivity index (χ2n) is 8.25. The van der Waals surface area contributed by atoms with Crippen LogP contribution in [0.5, 0.6) is 0 Å². The quantitative estimate of drug-likeness (QED) is 0.451. The zero-order valence-corrected chi connectivity index (χ0v) is 16.7. The molecule has 0 saturated heterocycles. The number of carbonyl (C=O) groups is 1. The van der Waals surface area contributed by atoms with Gasteiger partial charge in [0.05, 0.1) is 0 Å². The lowest BCUT2D eigenvalue weighted by molar-refractivity contribution is 0.0942. The van der Waals surface area contributed by atoms with Crippen molar-refractivity contribution < 1.29 is 13.6 Å². The molecule has 0 unspecified atom stereocenters. The first-order valence-electron chi connectivity index (χ1n) is 10.6. The maximum absolute atomic E-state index is 13.3. The highest BCUT2D eigenvalue weighted by molar-refractivity contribution is 5.96. The van der Waals surface area contributed by atoms with Crippen molar-refractivity contribution in [2.45, 2.75) is 64.7 Å². The second-order valence-corrected chi connectivity index (χ2v) is 8.25. The molecule has 150 valence electrons. The molecule has 0 spiro atoms. The van der Waals surface area contributed by atoms with Gasteiger partial charge >= 0.3 is 0 Å². The van der Waals surface area contributed by atoms with E-state index in [9.17, 15) is 13.6 Å². The van der Waals surface area contributed by atoms with Crippen LogP contribution in [0.25, 0.3) is 0 Å². The Morgan fingerprint density at radius 2 is 1.46 bits per heavy atom. The van der Waals surface area contributed by atoms with Crippen molar-refractivity contribution in [2.24, 2.45) is 11.8 Å². The van der Waals surface area contributed by atoms with Gasteiger partial charge in [-0.15, -0.1) is 0 Å². The topological polar surface area (TPSA) is 17.1 Å². The molecule has 1 aliphatic rings. The number of carbonyl (C=O) groups excluding carboxylic acids is 1. The van der Waals surface area contributed by atoms with Gasteiger partial charge in [-0.1, -0.05) is 62.9 Å². The van der Waals surface area contributed by atoms with Crippen LogP contribution in [-0.2, 0) is 12.8 Å². The Morgan fingerprint density at radius 3 is 2.11 bits per heavy atom. The van der Waals surface area contributed by atoms with Crippen LogP contribution < -0.4 is 0 Å². The van der Waals surface area contributed by atoms with Crippen LogP contribution in [0.15, 0.2) is 42.5 Å². The Labute approximate surface area is 167 Å². The van der Waals surface area contributed by atoms with Gasteiger partial charge in [-0.3, -0.25) is 4.79 Å². The summed E-state index contributed by atoms with van der Waals surface area (Å²) in [6.07, 6.45) is 9.54. The third-order valence-corrected chi connectivity index (χ3v) is 6.10. The molecule has 0 N–H and O–H groups in total. The summed E-state index contributed by atoms with van der Waals surface area (Å²) in [6, 6.07) is 11.8. The number of Topliss-reactive ketones (excluding diaryl/α,β-unsaturated/α-hetero) is 1. The summed E-state index contributed by atoms with van der Waals surface area (Å²) in [5, 5.41) is 0. The van der Waals surface area contributed by atoms with Gasteiger partial charge in [-0.05, 0) is 60.8 Å². The minimum absolute atomic E-state index is 0.242. The van der Waals surface area contributed by atoms with Crippen LogP contribution >= 0.6 is 0 Å². The fourth-order valence-corrected chi connectivity index (χ4v) is 4.35. The first kappa shape index (κ1) is 20.7. The summed E-state index contributed by atoms with van der Waals surface area (Å²) in [6.45, 7) is 2.25. The van der Waals surface area contributed by atoms with Gasteiger partial charge in [-0.2, -0.15) is 0 Å². The van der Waals surface area contributed by atoms with Crippen LogP contribution in [0, 0.1) is 23.5 Å². The summed E-state index contributed by atoms with van der Waals surface area (Å²) in [5.41, 5.74) is 2.66. The molecule has 2 aromatic carbocycles. The molecule has 3 rings (SSSR count). The Hall–Kier alpha value is -2.03. The second kappa shape index (κ2) is 9.95. The maximum Gasteiger partial charge on any atom is 0.163 e. The number of hydrogen-bond acceptors (Lipinski definition) is 1. The average Bonchev–Trinajstić information content (AvgIpc) is 2.71. The van der Waals surface area contributed by atoms with Crippen molar-refractivity contribution in [1.82, 2.24) is 0 Å². The fraction of sp³-hybridized carbons (Fsp3) is 0.480. The van der Waals surface area contributed by atoms with E-state index in [1.54, 1.807) is 6.07 Å².